The van der Waals surface area contributed by atoms with E-state index in [2.05, 4.69) is 30.3 Å². The summed E-state index contributed by atoms with van der Waals surface area (Å²) in [5, 5.41) is 0. The monoisotopic (exact) mass is 295 g/mol. The molecule has 22 heavy (non-hydrogen) atoms. The third-order valence-electron chi connectivity index (χ3n) is 4.65. The standard InChI is InChI=1S/C20H25NO/c21-20(17-10-5-2-6-11-17)18-12-7-13-19(14-18)22-15-16-8-3-1-4-9-16/h1,3-4,7-9,12-14,17,20H,2,5-6,10-11,15,21H2/t20-/m0/s1. The van der Waals surface area contributed by atoms with Crippen LogP contribution >= 0.6 is 0 Å². The molecule has 0 unspecified atom stereocenters. The van der Waals surface area contributed by atoms with Gasteiger partial charge in [-0.15, -0.1) is 0 Å². The molecule has 1 fully saturated rings. The third-order valence-corrected chi connectivity index (χ3v) is 4.65. The SMILES string of the molecule is N[C@H](c1cccc(OCc2ccccc2)c1)C1CCCCC1. The Bertz CT molecular complexity index is 575. The normalized spacial score (nSPS) is 17.1. The van der Waals surface area contributed by atoms with Crippen LogP contribution in [0.2, 0.25) is 0 Å². The van der Waals surface area contributed by atoms with Crippen molar-refractivity contribution in [2.45, 2.75) is 44.8 Å². The van der Waals surface area contributed by atoms with E-state index in [9.17, 15) is 0 Å². The number of rotatable bonds is 5. The van der Waals surface area contributed by atoms with Crippen molar-refractivity contribution in [3.63, 3.8) is 0 Å². The van der Waals surface area contributed by atoms with Crippen LogP contribution in [0.4, 0.5) is 0 Å². The van der Waals surface area contributed by atoms with Crippen molar-refractivity contribution in [2.24, 2.45) is 11.7 Å². The van der Waals surface area contributed by atoms with Crippen LogP contribution in [0.3, 0.4) is 0 Å². The van der Waals surface area contributed by atoms with E-state index in [4.69, 9.17) is 10.5 Å². The molecule has 2 heteroatoms. The molecule has 0 heterocycles. The Morgan fingerprint density at radius 3 is 2.50 bits per heavy atom. The van der Waals surface area contributed by atoms with E-state index in [1.54, 1.807) is 0 Å². The molecule has 2 aromatic carbocycles. The summed E-state index contributed by atoms with van der Waals surface area (Å²) >= 11 is 0. The second-order valence-electron chi connectivity index (χ2n) is 6.27. The smallest absolute Gasteiger partial charge is 0.120 e. The van der Waals surface area contributed by atoms with Crippen LogP contribution in [-0.4, -0.2) is 0 Å². The predicted molar refractivity (Wildman–Crippen MR) is 90.7 cm³/mol. The Balaban J connectivity index is 1.64. The molecule has 0 saturated heterocycles. The summed E-state index contributed by atoms with van der Waals surface area (Å²) in [5.74, 6) is 1.53. The highest BCUT2D eigenvalue weighted by molar-refractivity contribution is 5.31. The van der Waals surface area contributed by atoms with E-state index < -0.39 is 0 Å². The minimum Gasteiger partial charge on any atom is -0.489 e. The van der Waals surface area contributed by atoms with E-state index in [0.717, 1.165) is 5.75 Å². The van der Waals surface area contributed by atoms with Crippen LogP contribution in [0.25, 0.3) is 0 Å². The lowest BCUT2D eigenvalue weighted by molar-refractivity contribution is 0.298. The minimum absolute atomic E-state index is 0.139. The first-order valence-corrected chi connectivity index (χ1v) is 8.35. The summed E-state index contributed by atoms with van der Waals surface area (Å²) in [5.41, 5.74) is 8.88. The molecule has 0 amide bonds. The van der Waals surface area contributed by atoms with E-state index in [1.807, 2.05) is 24.3 Å². The Labute approximate surface area is 133 Å². The Hall–Kier alpha value is -1.80. The molecular formula is C20H25NO. The average Bonchev–Trinajstić information content (AvgIpc) is 2.61. The van der Waals surface area contributed by atoms with E-state index in [-0.39, 0.29) is 6.04 Å². The first-order chi connectivity index (χ1) is 10.8. The molecule has 0 aliphatic heterocycles. The fraction of sp³-hybridized carbons (Fsp3) is 0.400. The van der Waals surface area contributed by atoms with Gasteiger partial charge in [-0.25, -0.2) is 0 Å². The van der Waals surface area contributed by atoms with Crippen molar-refractivity contribution < 1.29 is 4.74 Å². The highest BCUT2D eigenvalue weighted by Crippen LogP contribution is 2.33. The summed E-state index contributed by atoms with van der Waals surface area (Å²) < 4.78 is 5.91. The van der Waals surface area contributed by atoms with Gasteiger partial charge in [-0.05, 0) is 42.0 Å². The van der Waals surface area contributed by atoms with Crippen molar-refractivity contribution in [3.05, 3.63) is 65.7 Å². The zero-order valence-electron chi connectivity index (χ0n) is 13.1. The van der Waals surface area contributed by atoms with Gasteiger partial charge in [0, 0.05) is 6.04 Å². The summed E-state index contributed by atoms with van der Waals surface area (Å²) in [6, 6.07) is 18.7. The Morgan fingerprint density at radius 1 is 0.955 bits per heavy atom. The van der Waals surface area contributed by atoms with Crippen LogP contribution in [-0.2, 0) is 6.61 Å². The quantitative estimate of drug-likeness (QED) is 0.856. The fourth-order valence-electron chi connectivity index (χ4n) is 3.32. The molecule has 2 aromatic rings. The summed E-state index contributed by atoms with van der Waals surface area (Å²) in [7, 11) is 0. The summed E-state index contributed by atoms with van der Waals surface area (Å²) in [4.78, 5) is 0. The van der Waals surface area contributed by atoms with Crippen molar-refractivity contribution in [3.8, 4) is 5.75 Å². The summed E-state index contributed by atoms with van der Waals surface area (Å²) in [6.07, 6.45) is 6.53. The highest BCUT2D eigenvalue weighted by Gasteiger charge is 2.21. The topological polar surface area (TPSA) is 35.2 Å². The molecule has 0 aromatic heterocycles. The average molecular weight is 295 g/mol. The largest absolute Gasteiger partial charge is 0.489 e. The maximum Gasteiger partial charge on any atom is 0.120 e. The van der Waals surface area contributed by atoms with Gasteiger partial charge >= 0.3 is 0 Å². The molecule has 0 radical (unpaired) electrons. The van der Waals surface area contributed by atoms with Gasteiger partial charge in [0.05, 0.1) is 0 Å². The van der Waals surface area contributed by atoms with Crippen LogP contribution in [0.15, 0.2) is 54.6 Å². The third kappa shape index (κ3) is 3.89. The van der Waals surface area contributed by atoms with Crippen molar-refractivity contribution in [1.82, 2.24) is 0 Å². The van der Waals surface area contributed by atoms with Crippen LogP contribution in [0.5, 0.6) is 5.75 Å². The second-order valence-corrected chi connectivity index (χ2v) is 6.27. The second kappa shape index (κ2) is 7.46. The van der Waals surface area contributed by atoms with Crippen molar-refractivity contribution in [2.75, 3.05) is 0 Å². The zero-order chi connectivity index (χ0) is 15.2. The van der Waals surface area contributed by atoms with Gasteiger partial charge in [0.25, 0.3) is 0 Å². The lowest BCUT2D eigenvalue weighted by Crippen LogP contribution is -2.23. The lowest BCUT2D eigenvalue weighted by atomic mass is 9.81. The predicted octanol–water partition coefficient (Wildman–Crippen LogP) is 4.85. The number of nitrogens with two attached hydrogens (primary N) is 1. The fourth-order valence-corrected chi connectivity index (χ4v) is 3.32. The van der Waals surface area contributed by atoms with Gasteiger partial charge < -0.3 is 10.5 Å². The molecule has 1 atom stereocenters. The molecule has 1 saturated carbocycles. The van der Waals surface area contributed by atoms with Crippen molar-refractivity contribution >= 4 is 0 Å². The number of hydrogen-bond acceptors (Lipinski definition) is 2. The molecule has 1 aliphatic rings. The molecule has 0 spiro atoms. The molecule has 116 valence electrons. The first-order valence-electron chi connectivity index (χ1n) is 8.35. The van der Waals surface area contributed by atoms with Gasteiger partial charge in [-0.2, -0.15) is 0 Å². The van der Waals surface area contributed by atoms with E-state index >= 15 is 0 Å². The molecule has 1 aliphatic carbocycles. The van der Waals surface area contributed by atoms with Gasteiger partial charge in [0.1, 0.15) is 12.4 Å². The van der Waals surface area contributed by atoms with E-state index in [0.29, 0.717) is 12.5 Å². The molecular weight excluding hydrogens is 270 g/mol. The van der Waals surface area contributed by atoms with Gasteiger partial charge in [0.15, 0.2) is 0 Å². The maximum absolute atomic E-state index is 6.49. The number of hydrogen-bond donors (Lipinski definition) is 1. The maximum atomic E-state index is 6.49. The number of benzene rings is 2. The molecule has 0 bridgehead atoms. The minimum atomic E-state index is 0.139. The Morgan fingerprint density at radius 2 is 1.73 bits per heavy atom. The summed E-state index contributed by atoms with van der Waals surface area (Å²) in [6.45, 7) is 0.600. The van der Waals surface area contributed by atoms with Gasteiger partial charge in [-0.1, -0.05) is 61.7 Å². The first kappa shape index (κ1) is 15.1. The van der Waals surface area contributed by atoms with Crippen LogP contribution in [0.1, 0.15) is 49.3 Å². The van der Waals surface area contributed by atoms with Crippen LogP contribution < -0.4 is 10.5 Å². The van der Waals surface area contributed by atoms with Crippen LogP contribution in [0, 0.1) is 5.92 Å². The van der Waals surface area contributed by atoms with Gasteiger partial charge in [0.2, 0.25) is 0 Å². The van der Waals surface area contributed by atoms with Crippen molar-refractivity contribution in [1.29, 1.82) is 0 Å². The lowest BCUT2D eigenvalue weighted by Gasteiger charge is -2.28. The Kier molecular flexibility index (Phi) is 5.12. The molecule has 3 rings (SSSR count). The molecule has 2 nitrogen and oxygen atoms in total. The van der Waals surface area contributed by atoms with E-state index in [1.165, 1.54) is 43.2 Å². The molecule has 2 N–H and O–H groups in total. The zero-order valence-corrected chi connectivity index (χ0v) is 13.1. The number of ether oxygens (including phenoxy) is 1. The van der Waals surface area contributed by atoms with Gasteiger partial charge in [-0.3, -0.25) is 0 Å². The highest BCUT2D eigenvalue weighted by atomic mass is 16.5.